The third-order valence-corrected chi connectivity index (χ3v) is 5.97. The summed E-state index contributed by atoms with van der Waals surface area (Å²) in [4.78, 5) is 30.7. The number of carbonyl (C=O) groups excluding carboxylic acids is 2. The van der Waals surface area contributed by atoms with Crippen LogP contribution in [0.2, 0.25) is 0 Å². The van der Waals surface area contributed by atoms with E-state index in [4.69, 9.17) is 9.47 Å². The van der Waals surface area contributed by atoms with Crippen LogP contribution in [-0.2, 0) is 16.1 Å². The van der Waals surface area contributed by atoms with E-state index < -0.39 is 0 Å². The number of rotatable bonds is 7. The summed E-state index contributed by atoms with van der Waals surface area (Å²) >= 11 is 0. The molecule has 0 aliphatic carbocycles. The van der Waals surface area contributed by atoms with Gasteiger partial charge in [0.15, 0.2) is 11.5 Å². The number of anilines is 1. The largest absolute Gasteiger partial charge is 0.493 e. The van der Waals surface area contributed by atoms with Crippen LogP contribution in [0.4, 0.5) is 5.69 Å². The van der Waals surface area contributed by atoms with Crippen molar-refractivity contribution in [3.8, 4) is 11.5 Å². The van der Waals surface area contributed by atoms with Crippen LogP contribution in [-0.4, -0.2) is 38.0 Å². The van der Waals surface area contributed by atoms with E-state index in [1.165, 1.54) is 4.90 Å². The Morgan fingerprint density at radius 1 is 0.824 bits per heavy atom. The van der Waals surface area contributed by atoms with Crippen molar-refractivity contribution in [2.45, 2.75) is 20.4 Å². The van der Waals surface area contributed by atoms with E-state index >= 15 is 0 Å². The Balaban J connectivity index is 1.85. The summed E-state index contributed by atoms with van der Waals surface area (Å²) in [6.07, 6.45) is 0. The second kappa shape index (κ2) is 9.43. The molecule has 4 rings (SSSR count). The second-order valence-corrected chi connectivity index (χ2v) is 8.37. The summed E-state index contributed by atoms with van der Waals surface area (Å²) in [5.74, 6) is 0.330. The molecule has 3 aromatic carbocycles. The van der Waals surface area contributed by atoms with Crippen LogP contribution < -0.4 is 14.4 Å². The van der Waals surface area contributed by atoms with Crippen molar-refractivity contribution in [3.63, 3.8) is 0 Å². The van der Waals surface area contributed by atoms with Crippen LogP contribution in [0.3, 0.4) is 0 Å². The molecule has 0 aromatic heterocycles. The van der Waals surface area contributed by atoms with Gasteiger partial charge in [0.05, 0.1) is 25.5 Å². The lowest BCUT2D eigenvalue weighted by Gasteiger charge is -2.22. The third-order valence-electron chi connectivity index (χ3n) is 5.97. The number of benzene rings is 3. The minimum absolute atomic E-state index is 0.337. The summed E-state index contributed by atoms with van der Waals surface area (Å²) in [5.41, 5.74) is 4.83. The van der Waals surface area contributed by atoms with Gasteiger partial charge in [0.2, 0.25) is 0 Å². The molecule has 6 heteroatoms. The van der Waals surface area contributed by atoms with E-state index in [9.17, 15) is 9.59 Å². The molecule has 0 fully saturated rings. The number of hydrogen-bond acceptors (Lipinski definition) is 5. The maximum absolute atomic E-state index is 13.8. The predicted molar refractivity (Wildman–Crippen MR) is 133 cm³/mol. The number of amides is 2. The number of hydrogen-bond donors (Lipinski definition) is 0. The van der Waals surface area contributed by atoms with Gasteiger partial charge in [0, 0.05) is 13.6 Å². The zero-order valence-electron chi connectivity index (χ0n) is 20.1. The van der Waals surface area contributed by atoms with Gasteiger partial charge in [-0.25, -0.2) is 4.90 Å². The highest BCUT2D eigenvalue weighted by atomic mass is 16.5. The van der Waals surface area contributed by atoms with E-state index in [1.807, 2.05) is 74.3 Å². The molecule has 1 aliphatic rings. The average Bonchev–Trinajstić information content (AvgIpc) is 3.09. The van der Waals surface area contributed by atoms with E-state index in [2.05, 4.69) is 0 Å². The Morgan fingerprint density at radius 2 is 1.53 bits per heavy atom. The standard InChI is InChI=1S/C28H28N2O4/c1-18-11-13-22(19(2)15-18)30-27(31)25(21-12-14-23(33-4)24(16-21)34-5)26(28(30)32)29(3)17-20-9-7-6-8-10-20/h6-16H,17H2,1-5H3. The Morgan fingerprint density at radius 3 is 2.18 bits per heavy atom. The lowest BCUT2D eigenvalue weighted by Crippen LogP contribution is -2.34. The molecule has 1 aliphatic heterocycles. The van der Waals surface area contributed by atoms with Crippen molar-refractivity contribution in [2.75, 3.05) is 26.2 Å². The monoisotopic (exact) mass is 456 g/mol. The number of methoxy groups -OCH3 is 2. The molecule has 0 radical (unpaired) electrons. The normalized spacial score (nSPS) is 13.5. The fraction of sp³-hybridized carbons (Fsp3) is 0.214. The zero-order valence-corrected chi connectivity index (χ0v) is 20.1. The smallest absolute Gasteiger partial charge is 0.282 e. The van der Waals surface area contributed by atoms with Crippen LogP contribution in [0.1, 0.15) is 22.3 Å². The second-order valence-electron chi connectivity index (χ2n) is 8.37. The third kappa shape index (κ3) is 4.15. The molecule has 0 spiro atoms. The minimum atomic E-state index is -0.362. The SMILES string of the molecule is COc1ccc(C2=C(N(C)Cc3ccccc3)C(=O)N(c3ccc(C)cc3C)C2=O)cc1OC. The number of imide groups is 1. The molecule has 34 heavy (non-hydrogen) atoms. The van der Waals surface area contributed by atoms with E-state index in [0.29, 0.717) is 40.6 Å². The van der Waals surface area contributed by atoms with Crippen LogP contribution in [0.15, 0.2) is 72.4 Å². The molecule has 1 heterocycles. The summed E-state index contributed by atoms with van der Waals surface area (Å²) in [7, 11) is 4.93. The number of carbonyl (C=O) groups is 2. The maximum atomic E-state index is 13.8. The van der Waals surface area contributed by atoms with Gasteiger partial charge in [-0.15, -0.1) is 0 Å². The summed E-state index contributed by atoms with van der Waals surface area (Å²) < 4.78 is 10.8. The molecule has 0 unspecified atom stereocenters. The van der Waals surface area contributed by atoms with Gasteiger partial charge >= 0.3 is 0 Å². The summed E-state index contributed by atoms with van der Waals surface area (Å²) in [6.45, 7) is 4.37. The molecule has 0 bridgehead atoms. The summed E-state index contributed by atoms with van der Waals surface area (Å²) in [5, 5.41) is 0. The fourth-order valence-electron chi connectivity index (χ4n) is 4.34. The van der Waals surface area contributed by atoms with Gasteiger partial charge in [0.25, 0.3) is 11.8 Å². The van der Waals surface area contributed by atoms with E-state index in [1.54, 1.807) is 32.4 Å². The molecule has 0 N–H and O–H groups in total. The van der Waals surface area contributed by atoms with Gasteiger partial charge in [0.1, 0.15) is 5.70 Å². The zero-order chi connectivity index (χ0) is 24.4. The van der Waals surface area contributed by atoms with E-state index in [0.717, 1.165) is 16.7 Å². The first-order chi connectivity index (χ1) is 16.3. The van der Waals surface area contributed by atoms with Crippen molar-refractivity contribution in [3.05, 3.63) is 94.7 Å². The van der Waals surface area contributed by atoms with Crippen molar-refractivity contribution < 1.29 is 19.1 Å². The van der Waals surface area contributed by atoms with Crippen LogP contribution >= 0.6 is 0 Å². The molecule has 0 atom stereocenters. The molecule has 174 valence electrons. The first kappa shape index (κ1) is 23.1. The average molecular weight is 457 g/mol. The Kier molecular flexibility index (Phi) is 6.41. The maximum Gasteiger partial charge on any atom is 0.282 e. The first-order valence-corrected chi connectivity index (χ1v) is 11.0. The molecular formula is C28H28N2O4. The Hall–Kier alpha value is -4.06. The van der Waals surface area contributed by atoms with Crippen LogP contribution in [0.5, 0.6) is 11.5 Å². The van der Waals surface area contributed by atoms with Crippen molar-refractivity contribution >= 4 is 23.1 Å². The van der Waals surface area contributed by atoms with Gasteiger partial charge < -0.3 is 14.4 Å². The highest BCUT2D eigenvalue weighted by Crippen LogP contribution is 2.39. The molecular weight excluding hydrogens is 428 g/mol. The van der Waals surface area contributed by atoms with Crippen LogP contribution in [0, 0.1) is 13.8 Å². The highest BCUT2D eigenvalue weighted by molar-refractivity contribution is 6.45. The number of likely N-dealkylation sites (N-methyl/N-ethyl adjacent to an activating group) is 1. The lowest BCUT2D eigenvalue weighted by molar-refractivity contribution is -0.120. The predicted octanol–water partition coefficient (Wildman–Crippen LogP) is 4.74. The number of ether oxygens (including phenoxy) is 2. The van der Waals surface area contributed by atoms with Crippen LogP contribution in [0.25, 0.3) is 5.57 Å². The number of nitrogens with zero attached hydrogens (tertiary/aromatic N) is 2. The van der Waals surface area contributed by atoms with E-state index in [-0.39, 0.29) is 11.8 Å². The lowest BCUT2D eigenvalue weighted by atomic mass is 10.0. The quantitative estimate of drug-likeness (QED) is 0.481. The van der Waals surface area contributed by atoms with Gasteiger partial charge in [-0.2, -0.15) is 0 Å². The highest BCUT2D eigenvalue weighted by Gasteiger charge is 2.42. The molecule has 6 nitrogen and oxygen atoms in total. The molecule has 0 saturated heterocycles. The molecule has 2 amide bonds. The minimum Gasteiger partial charge on any atom is -0.493 e. The van der Waals surface area contributed by atoms with Crippen molar-refractivity contribution in [1.82, 2.24) is 4.90 Å². The van der Waals surface area contributed by atoms with Gasteiger partial charge in [-0.05, 0) is 48.7 Å². The summed E-state index contributed by atoms with van der Waals surface area (Å²) in [6, 6.07) is 20.8. The fourth-order valence-corrected chi connectivity index (χ4v) is 4.34. The van der Waals surface area contributed by atoms with Gasteiger partial charge in [-0.1, -0.05) is 54.1 Å². The Bertz CT molecular complexity index is 1280. The topological polar surface area (TPSA) is 59.1 Å². The van der Waals surface area contributed by atoms with Crippen molar-refractivity contribution in [1.29, 1.82) is 0 Å². The molecule has 3 aromatic rings. The first-order valence-electron chi connectivity index (χ1n) is 11.0. The van der Waals surface area contributed by atoms with Gasteiger partial charge in [-0.3, -0.25) is 9.59 Å². The Labute approximate surface area is 200 Å². The molecule has 0 saturated carbocycles. The van der Waals surface area contributed by atoms with Crippen molar-refractivity contribution in [2.24, 2.45) is 0 Å². The number of aryl methyl sites for hydroxylation is 2.